The molecular formula is C18H12F3NO5. The van der Waals surface area contributed by atoms with Crippen LogP contribution in [0.25, 0.3) is 11.0 Å². The molecule has 0 unspecified atom stereocenters. The first-order chi connectivity index (χ1) is 12.7. The Morgan fingerprint density at radius 3 is 2.74 bits per heavy atom. The van der Waals surface area contributed by atoms with Crippen LogP contribution in [0.3, 0.4) is 0 Å². The van der Waals surface area contributed by atoms with Crippen LogP contribution in [-0.2, 0) is 0 Å². The smallest absolute Gasteiger partial charge is 0.422 e. The Balaban J connectivity index is 1.85. The van der Waals surface area contributed by atoms with Crippen molar-refractivity contribution in [3.8, 4) is 11.6 Å². The number of esters is 1. The zero-order valence-electron chi connectivity index (χ0n) is 13.9. The topological polar surface area (TPSA) is 78.6 Å². The van der Waals surface area contributed by atoms with Crippen molar-refractivity contribution in [3.63, 3.8) is 0 Å². The molecule has 2 aromatic heterocycles. The average Bonchev–Trinajstić information content (AvgIpc) is 2.59. The number of nitrogens with zero attached hydrogens (tertiary/aromatic N) is 1. The number of pyridine rings is 1. The summed E-state index contributed by atoms with van der Waals surface area (Å²) in [7, 11) is 0. The van der Waals surface area contributed by atoms with E-state index in [9.17, 15) is 22.8 Å². The number of rotatable bonds is 4. The molecule has 9 heteroatoms. The standard InChI is InChI=1S/C18H12F3NO5/c1-10-7-15(23)27-14-8-11(4-5-12(10)14)26-17(24)13-3-2-6-22-16(13)25-9-18(19,20)21/h2-8H,9H2,1H3. The Bertz CT molecular complexity index is 1060. The van der Waals surface area contributed by atoms with Gasteiger partial charge in [-0.1, -0.05) is 0 Å². The number of aryl methyl sites for hydroxylation is 1. The normalized spacial score (nSPS) is 11.4. The Hall–Kier alpha value is -3.36. The third-order valence-electron chi connectivity index (χ3n) is 3.50. The number of halogens is 3. The second-order valence-corrected chi connectivity index (χ2v) is 5.56. The molecular weight excluding hydrogens is 367 g/mol. The number of ether oxygens (including phenoxy) is 2. The number of carbonyl (C=O) groups is 1. The fourth-order valence-electron chi connectivity index (χ4n) is 2.34. The molecule has 0 fully saturated rings. The first kappa shape index (κ1) is 18.4. The largest absolute Gasteiger partial charge is 0.467 e. The van der Waals surface area contributed by atoms with E-state index in [4.69, 9.17) is 9.15 Å². The highest BCUT2D eigenvalue weighted by Gasteiger charge is 2.30. The molecule has 0 aliphatic carbocycles. The fraction of sp³-hybridized carbons (Fsp3) is 0.167. The van der Waals surface area contributed by atoms with E-state index in [2.05, 4.69) is 9.72 Å². The zero-order chi connectivity index (χ0) is 19.6. The lowest BCUT2D eigenvalue weighted by Crippen LogP contribution is -2.21. The molecule has 3 rings (SSSR count). The molecule has 140 valence electrons. The van der Waals surface area contributed by atoms with Crippen LogP contribution in [0.1, 0.15) is 15.9 Å². The SMILES string of the molecule is Cc1cc(=O)oc2cc(OC(=O)c3cccnc3OCC(F)(F)F)ccc12. The lowest BCUT2D eigenvalue weighted by molar-refractivity contribution is -0.154. The molecule has 3 aromatic rings. The van der Waals surface area contributed by atoms with Gasteiger partial charge in [0.1, 0.15) is 16.9 Å². The van der Waals surface area contributed by atoms with Crippen molar-refractivity contribution < 1.29 is 31.9 Å². The van der Waals surface area contributed by atoms with Gasteiger partial charge in [-0.3, -0.25) is 0 Å². The van der Waals surface area contributed by atoms with E-state index in [1.54, 1.807) is 13.0 Å². The summed E-state index contributed by atoms with van der Waals surface area (Å²) < 4.78 is 51.8. The van der Waals surface area contributed by atoms with Gasteiger partial charge in [0.2, 0.25) is 5.88 Å². The quantitative estimate of drug-likeness (QED) is 0.391. The van der Waals surface area contributed by atoms with Gasteiger partial charge in [0, 0.05) is 23.7 Å². The van der Waals surface area contributed by atoms with Crippen LogP contribution < -0.4 is 15.1 Å². The summed E-state index contributed by atoms with van der Waals surface area (Å²) in [4.78, 5) is 27.4. The summed E-state index contributed by atoms with van der Waals surface area (Å²) in [5.74, 6) is -1.41. The molecule has 0 atom stereocenters. The number of benzene rings is 1. The predicted molar refractivity (Wildman–Crippen MR) is 88.0 cm³/mol. The third kappa shape index (κ3) is 4.43. The monoisotopic (exact) mass is 379 g/mol. The van der Waals surface area contributed by atoms with Gasteiger partial charge in [0.05, 0.1) is 0 Å². The number of fused-ring (bicyclic) bond motifs is 1. The first-order valence-electron chi connectivity index (χ1n) is 7.64. The van der Waals surface area contributed by atoms with Crippen molar-refractivity contribution in [2.24, 2.45) is 0 Å². The van der Waals surface area contributed by atoms with Gasteiger partial charge < -0.3 is 13.9 Å². The molecule has 0 bridgehead atoms. The first-order valence-corrected chi connectivity index (χ1v) is 7.64. The fourth-order valence-corrected chi connectivity index (χ4v) is 2.34. The number of carbonyl (C=O) groups excluding carboxylic acids is 1. The van der Waals surface area contributed by atoms with E-state index in [0.29, 0.717) is 10.9 Å². The summed E-state index contributed by atoms with van der Waals surface area (Å²) in [6.07, 6.45) is -3.39. The molecule has 6 nitrogen and oxygen atoms in total. The van der Waals surface area contributed by atoms with Gasteiger partial charge in [-0.05, 0) is 36.8 Å². The lowest BCUT2D eigenvalue weighted by atomic mass is 10.1. The minimum absolute atomic E-state index is 0.0480. The summed E-state index contributed by atoms with van der Waals surface area (Å²) in [5.41, 5.74) is 0.0744. The van der Waals surface area contributed by atoms with Crippen LogP contribution in [0.5, 0.6) is 11.6 Å². The minimum atomic E-state index is -4.58. The number of alkyl halides is 3. The van der Waals surface area contributed by atoms with Gasteiger partial charge in [0.25, 0.3) is 0 Å². The number of hydrogen-bond acceptors (Lipinski definition) is 6. The molecule has 0 amide bonds. The number of aromatic nitrogens is 1. The van der Waals surface area contributed by atoms with Crippen molar-refractivity contribution in [1.82, 2.24) is 4.98 Å². The van der Waals surface area contributed by atoms with Crippen LogP contribution in [0, 0.1) is 6.92 Å². The molecule has 0 spiro atoms. The molecule has 27 heavy (non-hydrogen) atoms. The van der Waals surface area contributed by atoms with Gasteiger partial charge in [-0.2, -0.15) is 13.2 Å². The van der Waals surface area contributed by atoms with Crippen LogP contribution >= 0.6 is 0 Å². The highest BCUT2D eigenvalue weighted by atomic mass is 19.4. The Morgan fingerprint density at radius 1 is 1.22 bits per heavy atom. The minimum Gasteiger partial charge on any atom is -0.467 e. The van der Waals surface area contributed by atoms with Crippen LogP contribution in [0.4, 0.5) is 13.2 Å². The van der Waals surface area contributed by atoms with Gasteiger partial charge >= 0.3 is 17.8 Å². The van der Waals surface area contributed by atoms with E-state index < -0.39 is 30.3 Å². The summed E-state index contributed by atoms with van der Waals surface area (Å²) in [6, 6.07) is 8.33. The van der Waals surface area contributed by atoms with Crippen molar-refractivity contribution in [2.45, 2.75) is 13.1 Å². The van der Waals surface area contributed by atoms with Crippen molar-refractivity contribution in [1.29, 1.82) is 0 Å². The molecule has 0 saturated carbocycles. The highest BCUT2D eigenvalue weighted by Crippen LogP contribution is 2.25. The molecule has 0 aliphatic heterocycles. The third-order valence-corrected chi connectivity index (χ3v) is 3.50. The van der Waals surface area contributed by atoms with Gasteiger partial charge in [-0.25, -0.2) is 14.6 Å². The summed E-state index contributed by atoms with van der Waals surface area (Å²) >= 11 is 0. The van der Waals surface area contributed by atoms with E-state index >= 15 is 0 Å². The highest BCUT2D eigenvalue weighted by molar-refractivity contribution is 5.93. The predicted octanol–water partition coefficient (Wildman–Crippen LogP) is 3.66. The maximum absolute atomic E-state index is 12.3. The van der Waals surface area contributed by atoms with E-state index in [-0.39, 0.29) is 16.9 Å². The van der Waals surface area contributed by atoms with Gasteiger partial charge in [0.15, 0.2) is 6.61 Å². The van der Waals surface area contributed by atoms with Crippen LogP contribution in [-0.4, -0.2) is 23.7 Å². The van der Waals surface area contributed by atoms with E-state index in [1.807, 2.05) is 0 Å². The Kier molecular flexibility index (Phi) is 4.85. The Labute approximate surface area is 150 Å². The molecule has 1 aromatic carbocycles. The lowest BCUT2D eigenvalue weighted by Gasteiger charge is -2.11. The maximum atomic E-state index is 12.3. The zero-order valence-corrected chi connectivity index (χ0v) is 13.9. The Morgan fingerprint density at radius 2 is 2.00 bits per heavy atom. The van der Waals surface area contributed by atoms with E-state index in [1.165, 1.54) is 36.5 Å². The maximum Gasteiger partial charge on any atom is 0.422 e. The van der Waals surface area contributed by atoms with Crippen molar-refractivity contribution in [3.05, 3.63) is 64.1 Å². The average molecular weight is 379 g/mol. The molecule has 0 radical (unpaired) electrons. The molecule has 0 aliphatic rings. The molecule has 2 heterocycles. The second kappa shape index (κ2) is 7.10. The van der Waals surface area contributed by atoms with Crippen molar-refractivity contribution in [2.75, 3.05) is 6.61 Å². The van der Waals surface area contributed by atoms with Crippen LogP contribution in [0.15, 0.2) is 51.8 Å². The molecule has 0 N–H and O–H groups in total. The molecule has 0 saturated heterocycles. The number of hydrogen-bond donors (Lipinski definition) is 0. The van der Waals surface area contributed by atoms with Crippen LogP contribution in [0.2, 0.25) is 0 Å². The second-order valence-electron chi connectivity index (χ2n) is 5.56. The van der Waals surface area contributed by atoms with Crippen molar-refractivity contribution >= 4 is 16.9 Å². The summed E-state index contributed by atoms with van der Waals surface area (Å²) in [5, 5.41) is 0.657. The summed E-state index contributed by atoms with van der Waals surface area (Å²) in [6.45, 7) is 0.134. The van der Waals surface area contributed by atoms with E-state index in [0.717, 1.165) is 0 Å². The van der Waals surface area contributed by atoms with Gasteiger partial charge in [-0.15, -0.1) is 0 Å².